The van der Waals surface area contributed by atoms with E-state index in [1.54, 1.807) is 6.92 Å². The van der Waals surface area contributed by atoms with Crippen molar-refractivity contribution in [3.05, 3.63) is 29.6 Å². The summed E-state index contributed by atoms with van der Waals surface area (Å²) in [6.07, 6.45) is 0. The molecule has 2 aliphatic heterocycles. The minimum Gasteiger partial charge on any atom is -0.314 e. The summed E-state index contributed by atoms with van der Waals surface area (Å²) in [6.45, 7) is 6.07. The van der Waals surface area contributed by atoms with Crippen LogP contribution in [0, 0.1) is 12.7 Å². The Labute approximate surface area is 124 Å². The van der Waals surface area contributed by atoms with E-state index in [0.29, 0.717) is 24.7 Å². The number of aryl methyl sites for hydroxylation is 1. The zero-order chi connectivity index (χ0) is 15.0. The molecule has 0 spiro atoms. The molecule has 7 heteroatoms. The molecule has 0 bridgehead atoms. The molecule has 5 nitrogen and oxygen atoms in total. The molecule has 0 atom stereocenters. The Bertz CT molecular complexity index is 623. The Morgan fingerprint density at radius 3 is 2.43 bits per heavy atom. The van der Waals surface area contributed by atoms with E-state index in [1.807, 2.05) is 0 Å². The monoisotopic (exact) mass is 313 g/mol. The number of hydrogen-bond donors (Lipinski definition) is 1. The lowest BCUT2D eigenvalue weighted by Gasteiger charge is -2.42. The van der Waals surface area contributed by atoms with Crippen LogP contribution < -0.4 is 5.32 Å². The number of nitrogens with one attached hydrogen (secondary N) is 1. The van der Waals surface area contributed by atoms with Gasteiger partial charge in [-0.2, -0.15) is 4.31 Å². The van der Waals surface area contributed by atoms with Crippen LogP contribution in [0.15, 0.2) is 23.1 Å². The van der Waals surface area contributed by atoms with Crippen LogP contribution in [-0.2, 0) is 10.0 Å². The van der Waals surface area contributed by atoms with Gasteiger partial charge >= 0.3 is 0 Å². The first kappa shape index (κ1) is 14.9. The number of rotatable bonds is 3. The van der Waals surface area contributed by atoms with Gasteiger partial charge in [-0.15, -0.1) is 0 Å². The van der Waals surface area contributed by atoms with E-state index in [-0.39, 0.29) is 4.90 Å². The summed E-state index contributed by atoms with van der Waals surface area (Å²) in [6, 6.07) is 4.45. The molecule has 2 aliphatic rings. The van der Waals surface area contributed by atoms with Crippen molar-refractivity contribution in [1.29, 1.82) is 0 Å². The normalized spacial score (nSPS) is 22.2. The Hall–Kier alpha value is -1.02. The fourth-order valence-corrected chi connectivity index (χ4v) is 4.49. The van der Waals surface area contributed by atoms with Crippen LogP contribution in [0.1, 0.15) is 5.56 Å². The maximum atomic E-state index is 13.4. The molecule has 0 aliphatic carbocycles. The molecule has 116 valence electrons. The highest BCUT2D eigenvalue weighted by Gasteiger charge is 2.33. The molecule has 2 saturated heterocycles. The van der Waals surface area contributed by atoms with E-state index in [2.05, 4.69) is 10.2 Å². The second kappa shape index (κ2) is 5.64. The molecule has 1 aromatic rings. The van der Waals surface area contributed by atoms with Gasteiger partial charge in [-0.05, 0) is 24.6 Å². The van der Waals surface area contributed by atoms with Crippen LogP contribution in [0.25, 0.3) is 0 Å². The van der Waals surface area contributed by atoms with Crippen molar-refractivity contribution in [2.24, 2.45) is 0 Å². The second-order valence-corrected chi connectivity index (χ2v) is 7.57. The third-order valence-corrected chi connectivity index (χ3v) is 6.36. The number of benzene rings is 1. The van der Waals surface area contributed by atoms with Gasteiger partial charge in [-0.3, -0.25) is 4.90 Å². The van der Waals surface area contributed by atoms with Crippen LogP contribution in [-0.4, -0.2) is 62.9 Å². The Morgan fingerprint density at radius 1 is 1.19 bits per heavy atom. The molecule has 0 unspecified atom stereocenters. The van der Waals surface area contributed by atoms with Gasteiger partial charge in [0.1, 0.15) is 5.82 Å². The first-order valence-corrected chi connectivity index (χ1v) is 8.63. The predicted octanol–water partition coefficient (Wildman–Crippen LogP) is 0.412. The van der Waals surface area contributed by atoms with Crippen LogP contribution in [0.3, 0.4) is 0 Å². The molecule has 2 fully saturated rings. The predicted molar refractivity (Wildman–Crippen MR) is 78.1 cm³/mol. The largest absolute Gasteiger partial charge is 0.314 e. The topological polar surface area (TPSA) is 52.7 Å². The summed E-state index contributed by atoms with van der Waals surface area (Å²) >= 11 is 0. The average molecular weight is 313 g/mol. The van der Waals surface area contributed by atoms with Crippen molar-refractivity contribution in [3.8, 4) is 0 Å². The number of halogens is 1. The molecule has 0 aromatic heterocycles. The van der Waals surface area contributed by atoms with E-state index >= 15 is 0 Å². The lowest BCUT2D eigenvalue weighted by Crippen LogP contribution is -2.62. The first-order valence-electron chi connectivity index (χ1n) is 7.19. The van der Waals surface area contributed by atoms with Crippen molar-refractivity contribution < 1.29 is 12.8 Å². The molecule has 0 saturated carbocycles. The molecule has 1 N–H and O–H groups in total. The molecule has 1 aromatic carbocycles. The van der Waals surface area contributed by atoms with Gasteiger partial charge < -0.3 is 5.32 Å². The molecule has 3 rings (SSSR count). The maximum Gasteiger partial charge on any atom is 0.243 e. The van der Waals surface area contributed by atoms with Crippen molar-refractivity contribution in [2.75, 3.05) is 39.3 Å². The van der Waals surface area contributed by atoms with E-state index in [9.17, 15) is 12.8 Å². The van der Waals surface area contributed by atoms with Gasteiger partial charge in [0.15, 0.2) is 0 Å². The fourth-order valence-electron chi connectivity index (χ4n) is 2.83. The minimum absolute atomic E-state index is 0.0845. The van der Waals surface area contributed by atoms with E-state index < -0.39 is 15.8 Å². The van der Waals surface area contributed by atoms with E-state index in [0.717, 1.165) is 32.2 Å². The molecule has 0 amide bonds. The van der Waals surface area contributed by atoms with Crippen LogP contribution in [0.4, 0.5) is 4.39 Å². The first-order chi connectivity index (χ1) is 9.98. The smallest absolute Gasteiger partial charge is 0.243 e. The lowest BCUT2D eigenvalue weighted by molar-refractivity contribution is 0.103. The minimum atomic E-state index is -3.60. The van der Waals surface area contributed by atoms with Gasteiger partial charge in [0.25, 0.3) is 0 Å². The Morgan fingerprint density at radius 2 is 1.86 bits per heavy atom. The van der Waals surface area contributed by atoms with E-state index in [1.165, 1.54) is 16.4 Å². The lowest BCUT2D eigenvalue weighted by atomic mass is 10.1. The van der Waals surface area contributed by atoms with Gasteiger partial charge in [0.05, 0.1) is 4.90 Å². The van der Waals surface area contributed by atoms with Gasteiger partial charge in [-0.25, -0.2) is 12.8 Å². The van der Waals surface area contributed by atoms with Gasteiger partial charge in [0.2, 0.25) is 10.0 Å². The summed E-state index contributed by atoms with van der Waals surface area (Å²) in [5, 5.41) is 3.22. The van der Waals surface area contributed by atoms with Gasteiger partial charge in [-0.1, -0.05) is 6.07 Å². The summed E-state index contributed by atoms with van der Waals surface area (Å²) in [7, 11) is -3.60. The van der Waals surface area contributed by atoms with Crippen molar-refractivity contribution in [2.45, 2.75) is 17.9 Å². The van der Waals surface area contributed by atoms with Crippen LogP contribution in [0.5, 0.6) is 0 Å². The average Bonchev–Trinajstić information content (AvgIpc) is 2.40. The quantitative estimate of drug-likeness (QED) is 0.878. The van der Waals surface area contributed by atoms with Crippen molar-refractivity contribution in [3.63, 3.8) is 0 Å². The molecule has 2 heterocycles. The van der Waals surface area contributed by atoms with Crippen LogP contribution in [0.2, 0.25) is 0 Å². The summed E-state index contributed by atoms with van der Waals surface area (Å²) in [4.78, 5) is 2.40. The highest BCUT2D eigenvalue weighted by Crippen LogP contribution is 2.22. The summed E-state index contributed by atoms with van der Waals surface area (Å²) < 4.78 is 40.1. The SMILES string of the molecule is Cc1ccc(F)cc1S(=O)(=O)N1CCN(C2CNC2)CC1. The number of hydrogen-bond acceptors (Lipinski definition) is 4. The highest BCUT2D eigenvalue weighted by molar-refractivity contribution is 7.89. The third-order valence-electron chi connectivity index (χ3n) is 4.32. The molecular formula is C14H20FN3O2S. The van der Waals surface area contributed by atoms with Gasteiger partial charge in [0, 0.05) is 45.3 Å². The third kappa shape index (κ3) is 2.83. The maximum absolute atomic E-state index is 13.4. The zero-order valence-corrected chi connectivity index (χ0v) is 12.9. The zero-order valence-electron chi connectivity index (χ0n) is 12.0. The molecule has 21 heavy (non-hydrogen) atoms. The summed E-state index contributed by atoms with van der Waals surface area (Å²) in [5.41, 5.74) is 0.585. The number of sulfonamides is 1. The number of nitrogens with zero attached hydrogens (tertiary/aromatic N) is 2. The Kier molecular flexibility index (Phi) is 4.00. The second-order valence-electron chi connectivity index (χ2n) is 5.66. The Balaban J connectivity index is 1.75. The highest BCUT2D eigenvalue weighted by atomic mass is 32.2. The standard InChI is InChI=1S/C14H20FN3O2S/c1-11-2-3-12(15)8-14(11)21(19,20)18-6-4-17(5-7-18)13-9-16-10-13/h2-3,8,13,16H,4-7,9-10H2,1H3. The molecular weight excluding hydrogens is 293 g/mol. The van der Waals surface area contributed by atoms with Crippen molar-refractivity contribution >= 4 is 10.0 Å². The molecule has 0 radical (unpaired) electrons. The van der Waals surface area contributed by atoms with Crippen LogP contribution >= 0.6 is 0 Å². The summed E-state index contributed by atoms with van der Waals surface area (Å²) in [5.74, 6) is -0.515. The number of piperazine rings is 1. The van der Waals surface area contributed by atoms with E-state index in [4.69, 9.17) is 0 Å². The fraction of sp³-hybridized carbons (Fsp3) is 0.571. The van der Waals surface area contributed by atoms with Crippen molar-refractivity contribution in [1.82, 2.24) is 14.5 Å².